The van der Waals surface area contributed by atoms with E-state index in [1.54, 1.807) is 0 Å². The highest BCUT2D eigenvalue weighted by Crippen LogP contribution is 2.20. The molecule has 0 amide bonds. The summed E-state index contributed by atoms with van der Waals surface area (Å²) in [4.78, 5) is 23.7. The summed E-state index contributed by atoms with van der Waals surface area (Å²) >= 11 is 3.01. The molecule has 0 atom stereocenters. The molecule has 0 aliphatic rings. The Morgan fingerprint density at radius 1 is 1.71 bits per heavy atom. The summed E-state index contributed by atoms with van der Waals surface area (Å²) in [5.41, 5.74) is 0.0918. The number of halogens is 1. The minimum absolute atomic E-state index is 0.175. The number of carbonyl (C=O) groups is 1. The van der Waals surface area contributed by atoms with Gasteiger partial charge in [0.25, 0.3) is 5.69 Å². The molecule has 1 aromatic rings. The largest absolute Gasteiger partial charge is 0.481 e. The van der Waals surface area contributed by atoms with E-state index >= 15 is 0 Å². The van der Waals surface area contributed by atoms with E-state index in [4.69, 9.17) is 5.11 Å². The van der Waals surface area contributed by atoms with Gasteiger partial charge in [0.05, 0.1) is 17.0 Å². The van der Waals surface area contributed by atoms with Crippen LogP contribution in [0.3, 0.4) is 0 Å². The molecule has 0 aromatic carbocycles. The predicted molar refractivity (Wildman–Crippen MR) is 49.9 cm³/mol. The number of hydrogen-bond donors (Lipinski definition) is 1. The molecule has 0 aliphatic heterocycles. The maximum atomic E-state index is 10.3. The lowest BCUT2D eigenvalue weighted by Gasteiger charge is -1.99. The van der Waals surface area contributed by atoms with Crippen LogP contribution in [-0.2, 0) is 11.2 Å². The van der Waals surface area contributed by atoms with Crippen molar-refractivity contribution in [3.8, 4) is 0 Å². The van der Waals surface area contributed by atoms with E-state index in [9.17, 15) is 14.9 Å². The van der Waals surface area contributed by atoms with E-state index in [2.05, 4.69) is 20.9 Å². The third kappa shape index (κ3) is 2.49. The molecule has 1 aromatic heterocycles. The lowest BCUT2D eigenvalue weighted by molar-refractivity contribution is -0.385. The Labute approximate surface area is 86.9 Å². The summed E-state index contributed by atoms with van der Waals surface area (Å²) in [5.74, 6) is -1.04. The zero-order chi connectivity index (χ0) is 10.7. The number of carboxylic acids is 1. The molecular formula is C7H5BrN2O4. The Hall–Kier alpha value is -1.50. The zero-order valence-corrected chi connectivity index (χ0v) is 8.39. The van der Waals surface area contributed by atoms with Crippen LogP contribution in [0.25, 0.3) is 0 Å². The molecule has 1 N–H and O–H groups in total. The van der Waals surface area contributed by atoms with Crippen LogP contribution in [0.1, 0.15) is 5.69 Å². The second-order valence-corrected chi connectivity index (χ2v) is 3.30. The molecule has 0 fully saturated rings. The van der Waals surface area contributed by atoms with E-state index in [0.29, 0.717) is 4.47 Å². The average Bonchev–Trinajstić information content (AvgIpc) is 2.07. The maximum absolute atomic E-state index is 10.3. The van der Waals surface area contributed by atoms with Crippen LogP contribution in [-0.4, -0.2) is 21.0 Å². The van der Waals surface area contributed by atoms with Crippen molar-refractivity contribution in [2.45, 2.75) is 6.42 Å². The fourth-order valence-corrected chi connectivity index (χ4v) is 1.31. The molecule has 7 heteroatoms. The van der Waals surface area contributed by atoms with Gasteiger partial charge in [-0.25, -0.2) is 0 Å². The van der Waals surface area contributed by atoms with Crippen molar-refractivity contribution >= 4 is 27.6 Å². The van der Waals surface area contributed by atoms with E-state index in [1.807, 2.05) is 0 Å². The van der Waals surface area contributed by atoms with Crippen LogP contribution in [0.2, 0.25) is 0 Å². The summed E-state index contributed by atoms with van der Waals surface area (Å²) in [6.07, 6.45) is 0.765. The Morgan fingerprint density at radius 3 is 2.79 bits per heavy atom. The molecule has 1 heterocycles. The number of carboxylic acid groups (broad SMARTS) is 1. The van der Waals surface area contributed by atoms with Gasteiger partial charge in [0.1, 0.15) is 6.20 Å². The van der Waals surface area contributed by atoms with Crippen LogP contribution in [0.4, 0.5) is 5.69 Å². The fourth-order valence-electron chi connectivity index (χ4n) is 0.829. The normalized spacial score (nSPS) is 9.79. The molecule has 6 nitrogen and oxygen atoms in total. The molecule has 0 saturated carbocycles. The number of pyridine rings is 1. The van der Waals surface area contributed by atoms with Crippen molar-refractivity contribution in [2.24, 2.45) is 0 Å². The van der Waals surface area contributed by atoms with E-state index in [0.717, 1.165) is 6.20 Å². The zero-order valence-electron chi connectivity index (χ0n) is 6.81. The SMILES string of the molecule is O=C(O)Cc1ncc([N+](=O)[O-])cc1Br. The average molecular weight is 261 g/mol. The molecule has 0 radical (unpaired) electrons. The highest BCUT2D eigenvalue weighted by molar-refractivity contribution is 9.10. The lowest BCUT2D eigenvalue weighted by Crippen LogP contribution is -2.03. The quantitative estimate of drug-likeness (QED) is 0.655. The van der Waals surface area contributed by atoms with Crippen molar-refractivity contribution in [1.29, 1.82) is 0 Å². The van der Waals surface area contributed by atoms with Gasteiger partial charge in [-0.3, -0.25) is 19.9 Å². The molecule has 0 spiro atoms. The van der Waals surface area contributed by atoms with E-state index in [1.165, 1.54) is 6.07 Å². The van der Waals surface area contributed by atoms with Crippen molar-refractivity contribution in [3.63, 3.8) is 0 Å². The van der Waals surface area contributed by atoms with Gasteiger partial charge >= 0.3 is 5.97 Å². The first kappa shape index (κ1) is 10.6. The molecule has 14 heavy (non-hydrogen) atoms. The van der Waals surface area contributed by atoms with Crippen LogP contribution in [0, 0.1) is 10.1 Å². The van der Waals surface area contributed by atoms with Crippen molar-refractivity contribution in [1.82, 2.24) is 4.98 Å². The number of hydrogen-bond acceptors (Lipinski definition) is 4. The molecule has 0 saturated heterocycles. The summed E-state index contributed by atoms with van der Waals surface area (Å²) in [5, 5.41) is 18.8. The predicted octanol–water partition coefficient (Wildman–Crippen LogP) is 1.38. The Balaban J connectivity index is 3.01. The Morgan fingerprint density at radius 2 is 2.36 bits per heavy atom. The topological polar surface area (TPSA) is 93.3 Å². The van der Waals surface area contributed by atoms with Crippen LogP contribution >= 0.6 is 15.9 Å². The number of nitro groups is 1. The van der Waals surface area contributed by atoms with Crippen LogP contribution < -0.4 is 0 Å². The first-order valence-electron chi connectivity index (χ1n) is 3.51. The molecule has 0 bridgehead atoms. The standard InChI is InChI=1S/C7H5BrN2O4/c8-5-1-4(10(13)14)3-9-6(5)2-7(11)12/h1,3H,2H2,(H,11,12). The van der Waals surface area contributed by atoms with Gasteiger partial charge < -0.3 is 5.11 Å². The van der Waals surface area contributed by atoms with Crippen LogP contribution in [0.5, 0.6) is 0 Å². The monoisotopic (exact) mass is 260 g/mol. The smallest absolute Gasteiger partial charge is 0.309 e. The van der Waals surface area contributed by atoms with Gasteiger partial charge in [0.15, 0.2) is 0 Å². The van der Waals surface area contributed by atoms with Crippen molar-refractivity contribution in [2.75, 3.05) is 0 Å². The third-order valence-corrected chi connectivity index (χ3v) is 2.12. The fraction of sp³-hybridized carbons (Fsp3) is 0.143. The molecule has 74 valence electrons. The molecule has 0 aliphatic carbocycles. The third-order valence-electron chi connectivity index (χ3n) is 1.43. The summed E-state index contributed by atoms with van der Waals surface area (Å²) in [7, 11) is 0. The number of aliphatic carboxylic acids is 1. The minimum Gasteiger partial charge on any atom is -0.481 e. The van der Waals surface area contributed by atoms with Gasteiger partial charge in [-0.05, 0) is 15.9 Å². The molecular weight excluding hydrogens is 256 g/mol. The van der Waals surface area contributed by atoms with Crippen LogP contribution in [0.15, 0.2) is 16.7 Å². The Kier molecular flexibility index (Phi) is 3.13. The maximum Gasteiger partial charge on any atom is 0.309 e. The number of nitrogens with zero attached hydrogens (tertiary/aromatic N) is 2. The first-order valence-corrected chi connectivity index (χ1v) is 4.30. The molecule has 0 unspecified atom stereocenters. The van der Waals surface area contributed by atoms with Gasteiger partial charge in [-0.1, -0.05) is 0 Å². The summed E-state index contributed by atoms with van der Waals surface area (Å²) < 4.78 is 0.328. The van der Waals surface area contributed by atoms with Gasteiger partial charge in [-0.2, -0.15) is 0 Å². The highest BCUT2D eigenvalue weighted by Gasteiger charge is 2.12. The van der Waals surface area contributed by atoms with Gasteiger partial charge in [-0.15, -0.1) is 0 Å². The highest BCUT2D eigenvalue weighted by atomic mass is 79.9. The summed E-state index contributed by atoms with van der Waals surface area (Å²) in [6.45, 7) is 0. The van der Waals surface area contributed by atoms with Gasteiger partial charge in [0.2, 0.25) is 0 Å². The summed E-state index contributed by atoms with van der Waals surface area (Å²) in [6, 6.07) is 1.23. The van der Waals surface area contributed by atoms with Gasteiger partial charge in [0, 0.05) is 10.5 Å². The number of aromatic nitrogens is 1. The number of rotatable bonds is 3. The van der Waals surface area contributed by atoms with E-state index in [-0.39, 0.29) is 17.8 Å². The Bertz CT molecular complexity index is 393. The van der Waals surface area contributed by atoms with Crippen molar-refractivity contribution < 1.29 is 14.8 Å². The lowest BCUT2D eigenvalue weighted by atomic mass is 10.2. The first-order chi connectivity index (χ1) is 6.50. The minimum atomic E-state index is -1.04. The van der Waals surface area contributed by atoms with E-state index < -0.39 is 10.9 Å². The van der Waals surface area contributed by atoms with Crippen molar-refractivity contribution in [3.05, 3.63) is 32.5 Å². The molecule has 1 rings (SSSR count). The second-order valence-electron chi connectivity index (χ2n) is 2.45. The second kappa shape index (κ2) is 4.14.